The van der Waals surface area contributed by atoms with E-state index in [0.717, 1.165) is 16.8 Å². The van der Waals surface area contributed by atoms with E-state index < -0.39 is 5.91 Å². The largest absolute Gasteiger partial charge is 0.342 e. The average Bonchev–Trinajstić information content (AvgIpc) is 3.09. The number of nitrogens with two attached hydrogens (primary N) is 1. The van der Waals surface area contributed by atoms with Crippen LogP contribution < -0.4 is 16.4 Å². The molecule has 9 heteroatoms. The van der Waals surface area contributed by atoms with E-state index in [1.54, 1.807) is 16.7 Å². The first-order valence-electron chi connectivity index (χ1n) is 8.48. The number of amides is 2. The third-order valence-corrected chi connectivity index (χ3v) is 4.49. The van der Waals surface area contributed by atoms with Crippen molar-refractivity contribution in [2.75, 3.05) is 6.54 Å². The van der Waals surface area contributed by atoms with Crippen LogP contribution in [0.5, 0.6) is 0 Å². The molecule has 2 aromatic heterocycles. The number of hydrogen-bond donors (Lipinski definition) is 3. The molecule has 28 heavy (non-hydrogen) atoms. The zero-order chi connectivity index (χ0) is 20.3. The third-order valence-electron chi connectivity index (χ3n) is 4.16. The molecular weight excluding hydrogens is 380 g/mol. The Hall–Kier alpha value is -3.23. The Bertz CT molecular complexity index is 1080. The highest BCUT2D eigenvalue weighted by atomic mass is 35.5. The summed E-state index contributed by atoms with van der Waals surface area (Å²) < 4.78 is 1.69. The lowest BCUT2D eigenvalue weighted by Crippen LogP contribution is -2.34. The van der Waals surface area contributed by atoms with Gasteiger partial charge in [0.15, 0.2) is 0 Å². The smallest absolute Gasteiger partial charge is 0.272 e. The third kappa shape index (κ3) is 3.73. The van der Waals surface area contributed by atoms with Crippen molar-refractivity contribution in [2.45, 2.75) is 13.5 Å². The summed E-state index contributed by atoms with van der Waals surface area (Å²) in [7, 11) is 0. The maximum atomic E-state index is 12.4. The summed E-state index contributed by atoms with van der Waals surface area (Å²) in [5.74, 6) is -0.546. The van der Waals surface area contributed by atoms with E-state index in [1.165, 1.54) is 6.20 Å². The first kappa shape index (κ1) is 19.5. The van der Waals surface area contributed by atoms with Crippen LogP contribution in [0.25, 0.3) is 17.0 Å². The molecule has 0 aliphatic carbocycles. The predicted octanol–water partition coefficient (Wildman–Crippen LogP) is 1.81. The second kappa shape index (κ2) is 8.20. The van der Waals surface area contributed by atoms with Crippen molar-refractivity contribution in [1.29, 1.82) is 0 Å². The van der Waals surface area contributed by atoms with Gasteiger partial charge in [0.2, 0.25) is 11.7 Å². The second-order valence-corrected chi connectivity index (χ2v) is 6.37. The van der Waals surface area contributed by atoms with Crippen molar-refractivity contribution in [3.05, 3.63) is 65.2 Å². The Labute approximate surface area is 166 Å². The molecule has 0 atom stereocenters. The Morgan fingerprint density at radius 2 is 2.07 bits per heavy atom. The molecule has 2 amide bonds. The number of imidazole rings is 1. The van der Waals surface area contributed by atoms with E-state index in [2.05, 4.69) is 27.2 Å². The summed E-state index contributed by atoms with van der Waals surface area (Å²) in [6.07, 6.45) is 2.80. The lowest BCUT2D eigenvalue weighted by atomic mass is 10.0. The molecule has 0 unspecified atom stereocenters. The number of benzene rings is 1. The maximum Gasteiger partial charge on any atom is 0.272 e. The highest BCUT2D eigenvalue weighted by Crippen LogP contribution is 2.32. The highest BCUT2D eigenvalue weighted by Gasteiger charge is 2.20. The van der Waals surface area contributed by atoms with Gasteiger partial charge < -0.3 is 16.4 Å². The number of carbonyl (C=O) groups is 2. The number of fused-ring (bicyclic) bond motifs is 1. The van der Waals surface area contributed by atoms with E-state index in [4.69, 9.17) is 17.3 Å². The van der Waals surface area contributed by atoms with Crippen molar-refractivity contribution in [1.82, 2.24) is 25.0 Å². The van der Waals surface area contributed by atoms with Gasteiger partial charge in [-0.25, -0.2) is 9.97 Å². The van der Waals surface area contributed by atoms with Gasteiger partial charge >= 0.3 is 0 Å². The zero-order valence-electron chi connectivity index (χ0n) is 15.2. The van der Waals surface area contributed by atoms with Crippen LogP contribution in [0.2, 0.25) is 5.02 Å². The van der Waals surface area contributed by atoms with Gasteiger partial charge in [0.1, 0.15) is 5.69 Å². The van der Waals surface area contributed by atoms with Crippen molar-refractivity contribution in [2.24, 2.45) is 5.73 Å². The number of hydrogen-bond acceptors (Lipinski definition) is 5. The lowest BCUT2D eigenvalue weighted by molar-refractivity contribution is -0.119. The summed E-state index contributed by atoms with van der Waals surface area (Å²) in [5, 5.41) is 5.43. The van der Waals surface area contributed by atoms with Gasteiger partial charge in [0, 0.05) is 34.6 Å². The Balaban J connectivity index is 2.08. The van der Waals surface area contributed by atoms with Crippen LogP contribution in [0.4, 0.5) is 0 Å². The normalized spacial score (nSPS) is 10.7. The molecule has 0 aliphatic rings. The van der Waals surface area contributed by atoms with Gasteiger partial charge in [-0.3, -0.25) is 14.0 Å². The number of aromatic nitrogens is 3. The molecule has 1 aromatic carbocycles. The minimum absolute atomic E-state index is 0.126. The monoisotopic (exact) mass is 398 g/mol. The SMILES string of the molecule is C=CNC(=O)CNC(=O)c1cn2c(-c3ccccc3Cl)c(CN)c(C)nc2n1. The fraction of sp³-hybridized carbons (Fsp3) is 0.158. The van der Waals surface area contributed by atoms with Gasteiger partial charge in [0.25, 0.3) is 5.91 Å². The Morgan fingerprint density at radius 1 is 1.32 bits per heavy atom. The number of carbonyl (C=O) groups excluding carboxylic acids is 2. The van der Waals surface area contributed by atoms with Crippen molar-refractivity contribution in [3.8, 4) is 11.3 Å². The van der Waals surface area contributed by atoms with Gasteiger partial charge in [-0.2, -0.15) is 0 Å². The van der Waals surface area contributed by atoms with Crippen LogP contribution in [0, 0.1) is 6.92 Å². The maximum absolute atomic E-state index is 12.4. The molecule has 0 aliphatic heterocycles. The standard InChI is InChI=1S/C19H19ClN6O2/c1-3-22-16(27)9-23-18(28)15-10-26-17(12-6-4-5-7-14(12)20)13(8-21)11(2)24-19(26)25-15/h3-7,10H,1,8-9,21H2,2H3,(H,22,27)(H,23,28). The molecule has 0 fully saturated rings. The van der Waals surface area contributed by atoms with Crippen molar-refractivity contribution < 1.29 is 9.59 Å². The molecule has 3 rings (SSSR count). The van der Waals surface area contributed by atoms with Crippen molar-refractivity contribution in [3.63, 3.8) is 0 Å². The summed E-state index contributed by atoms with van der Waals surface area (Å²) >= 11 is 6.40. The summed E-state index contributed by atoms with van der Waals surface area (Å²) in [4.78, 5) is 32.6. The summed E-state index contributed by atoms with van der Waals surface area (Å²) in [5.41, 5.74) is 9.07. The molecule has 0 saturated carbocycles. The van der Waals surface area contributed by atoms with Gasteiger partial charge in [-0.1, -0.05) is 36.4 Å². The van der Waals surface area contributed by atoms with E-state index in [-0.39, 0.29) is 24.7 Å². The minimum atomic E-state index is -0.498. The molecule has 2 heterocycles. The first-order chi connectivity index (χ1) is 13.5. The first-order valence-corrected chi connectivity index (χ1v) is 8.86. The lowest BCUT2D eigenvalue weighted by Gasteiger charge is -2.14. The van der Waals surface area contributed by atoms with E-state index in [0.29, 0.717) is 16.5 Å². The Kier molecular flexibility index (Phi) is 5.72. The number of nitrogens with one attached hydrogen (secondary N) is 2. The molecule has 144 valence electrons. The van der Waals surface area contributed by atoms with Gasteiger partial charge in [0.05, 0.1) is 12.2 Å². The average molecular weight is 399 g/mol. The van der Waals surface area contributed by atoms with E-state index in [1.807, 2.05) is 25.1 Å². The van der Waals surface area contributed by atoms with Crippen LogP contribution in [0.1, 0.15) is 21.7 Å². The summed E-state index contributed by atoms with van der Waals surface area (Å²) in [6.45, 7) is 5.27. The van der Waals surface area contributed by atoms with Gasteiger partial charge in [-0.15, -0.1) is 0 Å². The van der Waals surface area contributed by atoms with Crippen LogP contribution >= 0.6 is 11.6 Å². The number of aryl methyl sites for hydroxylation is 1. The van der Waals surface area contributed by atoms with Crippen LogP contribution in [-0.2, 0) is 11.3 Å². The van der Waals surface area contributed by atoms with E-state index >= 15 is 0 Å². The molecule has 0 bridgehead atoms. The van der Waals surface area contributed by atoms with Crippen molar-refractivity contribution >= 4 is 29.2 Å². The Morgan fingerprint density at radius 3 is 2.75 bits per heavy atom. The van der Waals surface area contributed by atoms with Crippen LogP contribution in [0.15, 0.2) is 43.2 Å². The summed E-state index contributed by atoms with van der Waals surface area (Å²) in [6, 6.07) is 7.35. The fourth-order valence-electron chi connectivity index (χ4n) is 2.86. The quantitative estimate of drug-likeness (QED) is 0.585. The molecule has 4 N–H and O–H groups in total. The molecular formula is C19H19ClN6O2. The molecule has 8 nitrogen and oxygen atoms in total. The van der Waals surface area contributed by atoms with Crippen LogP contribution in [0.3, 0.4) is 0 Å². The minimum Gasteiger partial charge on any atom is -0.342 e. The van der Waals surface area contributed by atoms with Crippen LogP contribution in [-0.4, -0.2) is 32.7 Å². The highest BCUT2D eigenvalue weighted by molar-refractivity contribution is 6.33. The number of halogens is 1. The van der Waals surface area contributed by atoms with E-state index in [9.17, 15) is 9.59 Å². The molecule has 0 saturated heterocycles. The molecule has 0 spiro atoms. The fourth-order valence-corrected chi connectivity index (χ4v) is 3.09. The second-order valence-electron chi connectivity index (χ2n) is 5.96. The number of nitrogens with zero attached hydrogens (tertiary/aromatic N) is 3. The number of rotatable bonds is 6. The molecule has 0 radical (unpaired) electrons. The van der Waals surface area contributed by atoms with Gasteiger partial charge in [-0.05, 0) is 19.2 Å². The predicted molar refractivity (Wildman–Crippen MR) is 107 cm³/mol. The topological polar surface area (TPSA) is 114 Å². The molecule has 3 aromatic rings. The zero-order valence-corrected chi connectivity index (χ0v) is 16.0.